The van der Waals surface area contributed by atoms with Gasteiger partial charge in [-0.2, -0.15) is 0 Å². The molecule has 0 aliphatic heterocycles. The molecule has 12 aromatic carbocycles. The number of nitrogens with zero attached hydrogens (tertiary/aromatic N) is 2. The van der Waals surface area contributed by atoms with Gasteiger partial charge in [-0.3, -0.25) is 0 Å². The monoisotopic (exact) mass is 1020 g/mol. The van der Waals surface area contributed by atoms with Gasteiger partial charge in [0.1, 0.15) is 23.3 Å². The van der Waals surface area contributed by atoms with Gasteiger partial charge in [0, 0.05) is 55.8 Å². The van der Waals surface area contributed by atoms with Crippen LogP contribution >= 0.6 is 0 Å². The molecule has 0 atom stereocenters. The Balaban J connectivity index is 1.12. The summed E-state index contributed by atoms with van der Waals surface area (Å²) in [7, 11) is 0. The minimum atomic E-state index is -0.379. The van der Waals surface area contributed by atoms with Crippen LogP contribution in [0.4, 0.5) is 51.7 Å². The Morgan fingerprint density at radius 3 is 0.846 bits per heavy atom. The topological polar surface area (TPSA) is 6.48 Å². The zero-order valence-electron chi connectivity index (χ0n) is 44.3. The van der Waals surface area contributed by atoms with E-state index in [-0.39, 0.29) is 34.1 Å². The van der Waals surface area contributed by atoms with Crippen molar-refractivity contribution in [3.63, 3.8) is 0 Å². The molecule has 12 aromatic rings. The fraction of sp³-hybridized carbons (Fsp3) is 0.111. The van der Waals surface area contributed by atoms with E-state index in [1.165, 1.54) is 35.4 Å². The third-order valence-electron chi connectivity index (χ3n) is 15.2. The van der Waals surface area contributed by atoms with E-state index in [1.54, 1.807) is 48.5 Å². The third kappa shape index (κ3) is 9.11. The summed E-state index contributed by atoms with van der Waals surface area (Å²) in [5.74, 6) is -1.52. The molecule has 382 valence electrons. The second-order valence-electron chi connectivity index (χ2n) is 22.3. The summed E-state index contributed by atoms with van der Waals surface area (Å²) in [5.41, 5.74) is 11.1. The first-order chi connectivity index (χ1) is 37.6. The van der Waals surface area contributed by atoms with Crippen LogP contribution in [0.3, 0.4) is 0 Å². The molecule has 0 saturated carbocycles. The quantitative estimate of drug-likeness (QED) is 0.0995. The summed E-state index contributed by atoms with van der Waals surface area (Å²) in [5, 5.41) is 6.07. The maximum atomic E-state index is 15.9. The molecule has 0 fully saturated rings. The van der Waals surface area contributed by atoms with Crippen molar-refractivity contribution in [1.29, 1.82) is 0 Å². The Morgan fingerprint density at radius 2 is 0.564 bits per heavy atom. The second-order valence-corrected chi connectivity index (χ2v) is 22.3. The van der Waals surface area contributed by atoms with Crippen molar-refractivity contribution in [3.05, 3.63) is 265 Å². The van der Waals surface area contributed by atoms with Gasteiger partial charge in [-0.1, -0.05) is 175 Å². The molecular formula is C72H56F4N2. The highest BCUT2D eigenvalue weighted by atomic mass is 19.1. The van der Waals surface area contributed by atoms with Crippen molar-refractivity contribution in [2.45, 2.75) is 52.4 Å². The minimum Gasteiger partial charge on any atom is -0.310 e. The van der Waals surface area contributed by atoms with Crippen LogP contribution in [0.2, 0.25) is 0 Å². The van der Waals surface area contributed by atoms with Crippen LogP contribution in [-0.4, -0.2) is 0 Å². The fourth-order valence-corrected chi connectivity index (χ4v) is 11.1. The van der Waals surface area contributed by atoms with E-state index in [9.17, 15) is 0 Å². The van der Waals surface area contributed by atoms with Gasteiger partial charge < -0.3 is 9.80 Å². The zero-order valence-corrected chi connectivity index (χ0v) is 44.3. The van der Waals surface area contributed by atoms with E-state index in [2.05, 4.69) is 148 Å². The summed E-state index contributed by atoms with van der Waals surface area (Å²) in [6.07, 6.45) is 0. The van der Waals surface area contributed by atoms with E-state index in [0.29, 0.717) is 44.5 Å². The molecule has 0 aromatic heterocycles. The average Bonchev–Trinajstić information content (AvgIpc) is 3.63. The van der Waals surface area contributed by atoms with Crippen molar-refractivity contribution >= 4 is 66.4 Å². The molecule has 2 nitrogen and oxygen atoms in total. The molecule has 12 rings (SSSR count). The van der Waals surface area contributed by atoms with Gasteiger partial charge in [0.05, 0.1) is 11.4 Å². The molecule has 0 unspecified atom stereocenters. The highest BCUT2D eigenvalue weighted by Gasteiger charge is 2.26. The van der Waals surface area contributed by atoms with E-state index >= 15 is 17.6 Å². The third-order valence-corrected chi connectivity index (χ3v) is 15.2. The normalized spacial score (nSPS) is 12.0. The maximum absolute atomic E-state index is 15.9. The van der Waals surface area contributed by atoms with Crippen LogP contribution in [0.15, 0.2) is 231 Å². The molecule has 0 bridgehead atoms. The fourth-order valence-electron chi connectivity index (χ4n) is 11.1. The van der Waals surface area contributed by atoms with Crippen LogP contribution in [0.25, 0.3) is 76.8 Å². The zero-order chi connectivity index (χ0) is 54.0. The largest absolute Gasteiger partial charge is 0.310 e. The van der Waals surface area contributed by atoms with Gasteiger partial charge in [0.15, 0.2) is 0 Å². The molecule has 0 N–H and O–H groups in total. The summed E-state index contributed by atoms with van der Waals surface area (Å²) in [6, 6.07) is 72.9. The number of benzene rings is 12. The van der Waals surface area contributed by atoms with Gasteiger partial charge >= 0.3 is 0 Å². The molecule has 0 aliphatic carbocycles. The van der Waals surface area contributed by atoms with Gasteiger partial charge in [0.2, 0.25) is 0 Å². The minimum absolute atomic E-state index is 0.113. The number of anilines is 6. The number of hydrogen-bond donors (Lipinski definition) is 0. The molecule has 78 heavy (non-hydrogen) atoms. The Bertz CT molecular complexity index is 3820. The lowest BCUT2D eigenvalue weighted by Gasteiger charge is -2.31. The predicted octanol–water partition coefficient (Wildman–Crippen LogP) is 21.3. The van der Waals surface area contributed by atoms with E-state index in [1.807, 2.05) is 60.7 Å². The van der Waals surface area contributed by atoms with Crippen LogP contribution in [0.1, 0.15) is 52.7 Å². The SMILES string of the molecule is CC(C)(C)c1ccc(N(c2cc(-c3ccccc3F)cc(-c3ccccc3F)c2)c2ccc3ccc4c(N(c5ccc(C(C)(C)C)cc5)c5cc(-c6ccccc6F)cc(-c6ccccc6F)c5)ccc5ccc2c3c54)cc1. The van der Waals surface area contributed by atoms with Crippen LogP contribution in [0, 0.1) is 23.3 Å². The van der Waals surface area contributed by atoms with Gasteiger partial charge in [-0.05, 0) is 163 Å². The average molecular weight is 1030 g/mol. The molecule has 6 heteroatoms. The van der Waals surface area contributed by atoms with Crippen molar-refractivity contribution in [1.82, 2.24) is 0 Å². The second kappa shape index (κ2) is 19.5. The van der Waals surface area contributed by atoms with Crippen molar-refractivity contribution in [2.75, 3.05) is 9.80 Å². The molecule has 0 heterocycles. The van der Waals surface area contributed by atoms with E-state index in [0.717, 1.165) is 66.4 Å². The van der Waals surface area contributed by atoms with Gasteiger partial charge in [-0.15, -0.1) is 0 Å². The molecular weight excluding hydrogens is 969 g/mol. The number of hydrogen-bond acceptors (Lipinski definition) is 2. The van der Waals surface area contributed by atoms with Gasteiger partial charge in [-0.25, -0.2) is 17.6 Å². The Morgan fingerprint density at radius 1 is 0.282 bits per heavy atom. The lowest BCUT2D eigenvalue weighted by Crippen LogP contribution is -2.14. The smallest absolute Gasteiger partial charge is 0.131 e. The molecule has 0 aliphatic rings. The van der Waals surface area contributed by atoms with Crippen molar-refractivity contribution < 1.29 is 17.6 Å². The first-order valence-corrected chi connectivity index (χ1v) is 26.4. The molecule has 0 amide bonds. The van der Waals surface area contributed by atoms with E-state index in [4.69, 9.17) is 0 Å². The number of halogens is 4. The van der Waals surface area contributed by atoms with E-state index < -0.39 is 0 Å². The summed E-state index contributed by atoms with van der Waals surface area (Å²) in [4.78, 5) is 4.41. The lowest BCUT2D eigenvalue weighted by atomic mass is 9.87. The highest BCUT2D eigenvalue weighted by Crippen LogP contribution is 2.50. The lowest BCUT2D eigenvalue weighted by molar-refractivity contribution is 0.590. The maximum Gasteiger partial charge on any atom is 0.131 e. The van der Waals surface area contributed by atoms with Crippen LogP contribution in [-0.2, 0) is 10.8 Å². The first kappa shape index (κ1) is 49.9. The van der Waals surface area contributed by atoms with Crippen molar-refractivity contribution in [2.24, 2.45) is 0 Å². The highest BCUT2D eigenvalue weighted by molar-refractivity contribution is 6.28. The van der Waals surface area contributed by atoms with Crippen LogP contribution < -0.4 is 9.80 Å². The number of rotatable bonds is 10. The first-order valence-electron chi connectivity index (χ1n) is 26.4. The standard InChI is InChI=1S/C72H56F4N2/c1-71(2,3)51-27-31-53(32-28-51)77(55-41-47(57-15-7-11-19-63(57)73)39-48(42-55)58-16-8-12-20-64(58)74)67-37-25-45-24-36-62-68(38-26-46-23-35-61(67)69(45)70(46)62)78(54-33-29-52(30-34-54)72(4,5)6)56-43-49(59-17-9-13-21-65(59)75)40-50(44-56)60-18-10-14-22-66(60)76/h7-44H,1-6H3. The van der Waals surface area contributed by atoms with Gasteiger partial charge in [0.25, 0.3) is 0 Å². The summed E-state index contributed by atoms with van der Waals surface area (Å²) < 4.78 is 63.8. The summed E-state index contributed by atoms with van der Waals surface area (Å²) >= 11 is 0. The van der Waals surface area contributed by atoms with Crippen LogP contribution in [0.5, 0.6) is 0 Å². The molecule has 0 saturated heterocycles. The molecule has 0 spiro atoms. The Kier molecular flexibility index (Phi) is 12.5. The Hall–Kier alpha value is -9.00. The summed E-state index contributed by atoms with van der Waals surface area (Å²) in [6.45, 7) is 13.2. The molecule has 0 radical (unpaired) electrons. The Labute approximate surface area is 453 Å². The predicted molar refractivity (Wildman–Crippen MR) is 318 cm³/mol. The van der Waals surface area contributed by atoms with Crippen molar-refractivity contribution in [3.8, 4) is 44.5 Å².